The quantitative estimate of drug-likeness (QED) is 0.780. The van der Waals surface area contributed by atoms with Crippen LogP contribution in [-0.2, 0) is 10.3 Å². The summed E-state index contributed by atoms with van der Waals surface area (Å²) in [6, 6.07) is 0. The van der Waals surface area contributed by atoms with Crippen LogP contribution in [0.15, 0.2) is 6.20 Å². The molecule has 0 saturated heterocycles. The van der Waals surface area contributed by atoms with E-state index in [0.717, 1.165) is 0 Å². The molecule has 1 aliphatic heterocycles. The lowest BCUT2D eigenvalue weighted by Crippen LogP contribution is -2.34. The summed E-state index contributed by atoms with van der Waals surface area (Å²) in [5, 5.41) is 6.45. The monoisotopic (exact) mass is 261 g/mol. The number of nitrogens with one attached hydrogen (secondary N) is 1. The predicted octanol–water partition coefficient (Wildman–Crippen LogP) is 2.63. The van der Waals surface area contributed by atoms with Gasteiger partial charge in [0.2, 0.25) is 5.91 Å². The number of halogens is 3. The fourth-order valence-electron chi connectivity index (χ4n) is 2.02. The van der Waals surface area contributed by atoms with Crippen molar-refractivity contribution in [3.63, 3.8) is 0 Å². The third-order valence-corrected chi connectivity index (χ3v) is 2.85. The van der Waals surface area contributed by atoms with Crippen LogP contribution in [-0.4, -0.2) is 21.9 Å². The molecule has 1 aromatic heterocycles. The second-order valence-corrected chi connectivity index (χ2v) is 5.38. The summed E-state index contributed by atoms with van der Waals surface area (Å²) in [4.78, 5) is 11.4. The number of amides is 1. The van der Waals surface area contributed by atoms with Crippen LogP contribution in [0.25, 0.3) is 0 Å². The Morgan fingerprint density at radius 2 is 2.00 bits per heavy atom. The predicted molar refractivity (Wildman–Crippen MR) is 59.3 cm³/mol. The van der Waals surface area contributed by atoms with Gasteiger partial charge >= 0.3 is 6.18 Å². The molecule has 0 unspecified atom stereocenters. The van der Waals surface area contributed by atoms with E-state index in [4.69, 9.17) is 0 Å². The molecule has 0 radical (unpaired) electrons. The number of fused-ring (bicyclic) bond motifs is 1. The van der Waals surface area contributed by atoms with Gasteiger partial charge in [-0.2, -0.15) is 18.3 Å². The van der Waals surface area contributed by atoms with Gasteiger partial charge in [0.05, 0.1) is 17.7 Å². The highest BCUT2D eigenvalue weighted by molar-refractivity contribution is 5.93. The molecular weight excluding hydrogens is 247 g/mol. The van der Waals surface area contributed by atoms with E-state index in [2.05, 4.69) is 10.4 Å². The number of hydrogen-bond donors (Lipinski definition) is 1. The number of nitrogens with zero attached hydrogens (tertiary/aromatic N) is 2. The van der Waals surface area contributed by atoms with Gasteiger partial charge in [-0.3, -0.25) is 4.79 Å². The van der Waals surface area contributed by atoms with Crippen molar-refractivity contribution < 1.29 is 18.0 Å². The van der Waals surface area contributed by atoms with Crippen molar-refractivity contribution in [3.8, 4) is 0 Å². The second kappa shape index (κ2) is 3.73. The molecule has 1 amide bonds. The Morgan fingerprint density at radius 3 is 2.50 bits per heavy atom. The minimum Gasteiger partial charge on any atom is -0.311 e. The molecule has 0 saturated carbocycles. The summed E-state index contributed by atoms with van der Waals surface area (Å²) in [5.74, 6) is -2.24. The zero-order chi connectivity index (χ0) is 13.7. The van der Waals surface area contributed by atoms with E-state index in [1.165, 1.54) is 10.9 Å². The van der Waals surface area contributed by atoms with Crippen LogP contribution >= 0.6 is 0 Å². The fraction of sp³-hybridized carbons (Fsp3) is 0.636. The van der Waals surface area contributed by atoms with Crippen LogP contribution < -0.4 is 5.32 Å². The van der Waals surface area contributed by atoms with Crippen LogP contribution in [0.3, 0.4) is 0 Å². The topological polar surface area (TPSA) is 46.9 Å². The van der Waals surface area contributed by atoms with Crippen molar-refractivity contribution in [3.05, 3.63) is 11.8 Å². The Morgan fingerprint density at radius 1 is 1.39 bits per heavy atom. The summed E-state index contributed by atoms with van der Waals surface area (Å²) >= 11 is 0. The molecule has 18 heavy (non-hydrogen) atoms. The molecule has 1 N–H and O–H groups in total. The molecule has 0 fully saturated rings. The number of aromatic nitrogens is 2. The number of anilines is 1. The average Bonchev–Trinajstić information content (AvgIpc) is 2.57. The zero-order valence-electron chi connectivity index (χ0n) is 10.3. The van der Waals surface area contributed by atoms with Gasteiger partial charge in [-0.05, 0) is 20.8 Å². The van der Waals surface area contributed by atoms with Crippen molar-refractivity contribution >= 4 is 11.7 Å². The molecular formula is C11H14F3N3O. The van der Waals surface area contributed by atoms with Gasteiger partial charge in [0.25, 0.3) is 0 Å². The molecule has 0 bridgehead atoms. The maximum atomic E-state index is 12.9. The van der Waals surface area contributed by atoms with E-state index in [1.807, 2.05) is 20.8 Å². The largest absolute Gasteiger partial charge is 0.396 e. The maximum absolute atomic E-state index is 12.9. The van der Waals surface area contributed by atoms with E-state index in [1.54, 1.807) is 0 Å². The van der Waals surface area contributed by atoms with Crippen molar-refractivity contribution in [2.45, 2.75) is 44.8 Å². The zero-order valence-corrected chi connectivity index (χ0v) is 10.3. The molecule has 0 aliphatic carbocycles. The molecule has 100 valence electrons. The van der Waals surface area contributed by atoms with E-state index in [-0.39, 0.29) is 11.4 Å². The number of rotatable bonds is 0. The average molecular weight is 261 g/mol. The molecule has 1 aliphatic rings. The van der Waals surface area contributed by atoms with Crippen LogP contribution in [0.2, 0.25) is 0 Å². The van der Waals surface area contributed by atoms with Gasteiger partial charge in [0.1, 0.15) is 5.82 Å². The maximum Gasteiger partial charge on any atom is 0.396 e. The number of alkyl halides is 3. The normalized spacial score (nSPS) is 20.6. The van der Waals surface area contributed by atoms with E-state index < -0.39 is 30.0 Å². The Hall–Kier alpha value is -1.53. The molecule has 1 atom stereocenters. The molecule has 0 aromatic carbocycles. The molecule has 2 rings (SSSR count). The van der Waals surface area contributed by atoms with Gasteiger partial charge in [-0.1, -0.05) is 0 Å². The summed E-state index contributed by atoms with van der Waals surface area (Å²) in [5.41, 5.74) is -0.453. The van der Waals surface area contributed by atoms with Gasteiger partial charge < -0.3 is 5.32 Å². The minimum absolute atomic E-state index is 0.0389. The summed E-state index contributed by atoms with van der Waals surface area (Å²) in [6.07, 6.45) is -3.82. The van der Waals surface area contributed by atoms with Crippen molar-refractivity contribution in [1.29, 1.82) is 0 Å². The number of carbonyl (C=O) groups excluding carboxylic acids is 1. The molecule has 0 spiro atoms. The molecule has 4 nitrogen and oxygen atoms in total. The Kier molecular flexibility index (Phi) is 2.68. The minimum atomic E-state index is -4.43. The highest BCUT2D eigenvalue weighted by Crippen LogP contribution is 2.44. The lowest BCUT2D eigenvalue weighted by Gasteiger charge is -2.28. The molecule has 1 aromatic rings. The first-order valence-electron chi connectivity index (χ1n) is 5.55. The molecule has 2 heterocycles. The first-order valence-corrected chi connectivity index (χ1v) is 5.55. The van der Waals surface area contributed by atoms with Gasteiger partial charge in [0.15, 0.2) is 0 Å². The van der Waals surface area contributed by atoms with Crippen molar-refractivity contribution in [1.82, 2.24) is 9.78 Å². The third kappa shape index (κ3) is 2.09. The lowest BCUT2D eigenvalue weighted by atomic mass is 9.93. The van der Waals surface area contributed by atoms with Gasteiger partial charge in [-0.15, -0.1) is 0 Å². The first-order chi connectivity index (χ1) is 8.10. The third-order valence-electron chi connectivity index (χ3n) is 2.85. The number of carbonyl (C=O) groups is 1. The highest BCUT2D eigenvalue weighted by atomic mass is 19.4. The summed E-state index contributed by atoms with van der Waals surface area (Å²) in [6.45, 7) is 5.43. The van der Waals surface area contributed by atoms with E-state index >= 15 is 0 Å². The van der Waals surface area contributed by atoms with Crippen LogP contribution in [0.4, 0.5) is 19.0 Å². The van der Waals surface area contributed by atoms with E-state index in [9.17, 15) is 18.0 Å². The standard InChI is InChI=1S/C11H14F3N3O/c1-10(2,3)17-9-6(5-15-17)7(11(12,13)14)4-8(18)16-9/h5,7H,4H2,1-3H3,(H,16,18)/t7-/m0/s1. The van der Waals surface area contributed by atoms with Crippen LogP contribution in [0, 0.1) is 0 Å². The van der Waals surface area contributed by atoms with Crippen LogP contribution in [0.5, 0.6) is 0 Å². The summed E-state index contributed by atoms with van der Waals surface area (Å²) < 4.78 is 40.1. The van der Waals surface area contributed by atoms with Crippen molar-refractivity contribution in [2.24, 2.45) is 0 Å². The summed E-state index contributed by atoms with van der Waals surface area (Å²) in [7, 11) is 0. The Bertz CT molecular complexity index is 485. The number of hydrogen-bond acceptors (Lipinski definition) is 2. The first kappa shape index (κ1) is 12.9. The fourth-order valence-corrected chi connectivity index (χ4v) is 2.02. The van der Waals surface area contributed by atoms with Gasteiger partial charge in [0, 0.05) is 12.0 Å². The second-order valence-electron chi connectivity index (χ2n) is 5.38. The Balaban J connectivity index is 2.53. The SMILES string of the molecule is CC(C)(C)n1ncc2c1NC(=O)C[C@@H]2C(F)(F)F. The smallest absolute Gasteiger partial charge is 0.311 e. The Labute approximate surface area is 102 Å². The van der Waals surface area contributed by atoms with Crippen molar-refractivity contribution in [2.75, 3.05) is 5.32 Å². The van der Waals surface area contributed by atoms with Crippen LogP contribution in [0.1, 0.15) is 38.7 Å². The highest BCUT2D eigenvalue weighted by Gasteiger charge is 2.47. The molecule has 7 heteroatoms. The van der Waals surface area contributed by atoms with Gasteiger partial charge in [-0.25, -0.2) is 4.68 Å². The lowest BCUT2D eigenvalue weighted by molar-refractivity contribution is -0.156. The van der Waals surface area contributed by atoms with E-state index in [0.29, 0.717) is 0 Å².